The quantitative estimate of drug-likeness (QED) is 0.520. The van der Waals surface area contributed by atoms with E-state index in [-0.39, 0.29) is 17.5 Å². The molecule has 0 aliphatic heterocycles. The number of allylic oxidation sites excluding steroid dienone is 1. The topological polar surface area (TPSA) is 71.4 Å². The molecule has 0 aromatic rings. The highest BCUT2D eigenvalue weighted by molar-refractivity contribution is 7.85. The van der Waals surface area contributed by atoms with Crippen LogP contribution in [0.4, 0.5) is 0 Å². The number of hydrogen-bond acceptors (Lipinski definition) is 3. The van der Waals surface area contributed by atoms with Gasteiger partial charge in [0.15, 0.2) is 5.78 Å². The van der Waals surface area contributed by atoms with E-state index in [9.17, 15) is 13.2 Å². The largest absolute Gasteiger partial charge is 0.295 e. The Morgan fingerprint density at radius 1 is 1.62 bits per heavy atom. The standard InChI is InChI=1S/C8H14O4S/c1-3-8(9)7(2)5-4-6-13(10,11)12/h3,7H,1,4-6H2,2H3,(H,10,11,12). The highest BCUT2D eigenvalue weighted by Gasteiger charge is 2.11. The van der Waals surface area contributed by atoms with Crippen LogP contribution in [0.2, 0.25) is 0 Å². The molecule has 0 rings (SSSR count). The van der Waals surface area contributed by atoms with Gasteiger partial charge in [-0.3, -0.25) is 9.35 Å². The fraction of sp³-hybridized carbons (Fsp3) is 0.625. The van der Waals surface area contributed by atoms with E-state index in [1.807, 2.05) is 0 Å². The third kappa shape index (κ3) is 6.48. The lowest BCUT2D eigenvalue weighted by Gasteiger charge is -2.05. The van der Waals surface area contributed by atoms with Crippen LogP contribution < -0.4 is 0 Å². The molecule has 4 nitrogen and oxygen atoms in total. The molecule has 5 heteroatoms. The molecule has 0 radical (unpaired) electrons. The first-order chi connectivity index (χ1) is 5.87. The van der Waals surface area contributed by atoms with E-state index >= 15 is 0 Å². The Hall–Kier alpha value is -0.680. The monoisotopic (exact) mass is 206 g/mol. The number of rotatable bonds is 6. The Balaban J connectivity index is 3.78. The van der Waals surface area contributed by atoms with Gasteiger partial charge in [0.05, 0.1) is 5.75 Å². The molecule has 0 heterocycles. The van der Waals surface area contributed by atoms with Crippen LogP contribution in [0.1, 0.15) is 19.8 Å². The van der Waals surface area contributed by atoms with Crippen molar-refractivity contribution in [2.24, 2.45) is 5.92 Å². The summed E-state index contributed by atoms with van der Waals surface area (Å²) in [6.45, 7) is 5.02. The summed E-state index contributed by atoms with van der Waals surface area (Å²) in [5.74, 6) is -0.614. The van der Waals surface area contributed by atoms with Crippen LogP contribution in [-0.2, 0) is 14.9 Å². The molecular weight excluding hydrogens is 192 g/mol. The first kappa shape index (κ1) is 12.3. The molecule has 0 amide bonds. The van der Waals surface area contributed by atoms with Crippen molar-refractivity contribution >= 4 is 15.9 Å². The van der Waals surface area contributed by atoms with Gasteiger partial charge in [0.25, 0.3) is 10.1 Å². The van der Waals surface area contributed by atoms with Gasteiger partial charge in [-0.2, -0.15) is 8.42 Å². The lowest BCUT2D eigenvalue weighted by Crippen LogP contribution is -2.10. The van der Waals surface area contributed by atoms with Gasteiger partial charge in [-0.05, 0) is 18.9 Å². The lowest BCUT2D eigenvalue weighted by atomic mass is 10.0. The van der Waals surface area contributed by atoms with Crippen LogP contribution in [0.25, 0.3) is 0 Å². The molecule has 0 saturated carbocycles. The first-order valence-corrected chi connectivity index (χ1v) is 5.59. The summed E-state index contributed by atoms with van der Waals surface area (Å²) in [5, 5.41) is 0. The molecule has 1 N–H and O–H groups in total. The summed E-state index contributed by atoms with van der Waals surface area (Å²) in [6, 6.07) is 0. The summed E-state index contributed by atoms with van der Waals surface area (Å²) < 4.78 is 29.0. The molecule has 76 valence electrons. The number of ketones is 1. The number of carbonyl (C=O) groups is 1. The van der Waals surface area contributed by atoms with Crippen LogP contribution in [0.15, 0.2) is 12.7 Å². The molecule has 13 heavy (non-hydrogen) atoms. The average Bonchev–Trinajstić information content (AvgIpc) is 2.00. The highest BCUT2D eigenvalue weighted by atomic mass is 32.2. The van der Waals surface area contributed by atoms with Gasteiger partial charge in [-0.1, -0.05) is 13.5 Å². The summed E-state index contributed by atoms with van der Waals surface area (Å²) in [6.07, 6.45) is 1.96. The maximum absolute atomic E-state index is 10.9. The Morgan fingerprint density at radius 2 is 2.15 bits per heavy atom. The van der Waals surface area contributed by atoms with Gasteiger partial charge < -0.3 is 0 Å². The predicted octanol–water partition coefficient (Wildman–Crippen LogP) is 1.05. The number of carbonyl (C=O) groups excluding carboxylic acids is 1. The summed E-state index contributed by atoms with van der Waals surface area (Å²) in [7, 11) is -3.89. The highest BCUT2D eigenvalue weighted by Crippen LogP contribution is 2.08. The zero-order valence-electron chi connectivity index (χ0n) is 7.56. The molecule has 0 aliphatic rings. The summed E-state index contributed by atoms with van der Waals surface area (Å²) in [5.41, 5.74) is 0. The van der Waals surface area contributed by atoms with Crippen molar-refractivity contribution in [3.8, 4) is 0 Å². The van der Waals surface area contributed by atoms with E-state index in [2.05, 4.69) is 6.58 Å². The van der Waals surface area contributed by atoms with Gasteiger partial charge >= 0.3 is 0 Å². The van der Waals surface area contributed by atoms with Gasteiger partial charge in [0.2, 0.25) is 0 Å². The Labute approximate surface area is 78.4 Å². The van der Waals surface area contributed by atoms with Crippen molar-refractivity contribution in [1.29, 1.82) is 0 Å². The minimum Gasteiger partial charge on any atom is -0.295 e. The molecule has 0 saturated heterocycles. The molecule has 0 aromatic heterocycles. The molecule has 1 atom stereocenters. The second-order valence-electron chi connectivity index (χ2n) is 2.94. The van der Waals surface area contributed by atoms with E-state index in [4.69, 9.17) is 4.55 Å². The summed E-state index contributed by atoms with van der Waals surface area (Å²) in [4.78, 5) is 10.9. The smallest absolute Gasteiger partial charge is 0.264 e. The molecule has 0 bridgehead atoms. The Morgan fingerprint density at radius 3 is 2.54 bits per heavy atom. The summed E-state index contributed by atoms with van der Waals surface area (Å²) >= 11 is 0. The normalized spacial score (nSPS) is 13.7. The van der Waals surface area contributed by atoms with Crippen LogP contribution in [-0.4, -0.2) is 24.5 Å². The fourth-order valence-corrected chi connectivity index (χ4v) is 1.45. The second-order valence-corrected chi connectivity index (χ2v) is 4.51. The number of hydrogen-bond donors (Lipinski definition) is 1. The van der Waals surface area contributed by atoms with Gasteiger partial charge in [0.1, 0.15) is 0 Å². The van der Waals surface area contributed by atoms with Crippen molar-refractivity contribution in [3.63, 3.8) is 0 Å². The third-order valence-corrected chi connectivity index (χ3v) is 2.53. The molecule has 0 fully saturated rings. The minimum atomic E-state index is -3.89. The van der Waals surface area contributed by atoms with E-state index in [1.54, 1.807) is 6.92 Å². The van der Waals surface area contributed by atoms with Gasteiger partial charge in [-0.25, -0.2) is 0 Å². The van der Waals surface area contributed by atoms with Crippen LogP contribution >= 0.6 is 0 Å². The van der Waals surface area contributed by atoms with Crippen molar-refractivity contribution < 1.29 is 17.8 Å². The maximum atomic E-state index is 10.9. The molecule has 0 aliphatic carbocycles. The zero-order valence-corrected chi connectivity index (χ0v) is 8.38. The van der Waals surface area contributed by atoms with Crippen LogP contribution in [0.5, 0.6) is 0 Å². The van der Waals surface area contributed by atoms with E-state index in [0.29, 0.717) is 12.8 Å². The van der Waals surface area contributed by atoms with Gasteiger partial charge in [-0.15, -0.1) is 0 Å². The van der Waals surface area contributed by atoms with Crippen molar-refractivity contribution in [3.05, 3.63) is 12.7 Å². The van der Waals surface area contributed by atoms with E-state index in [1.165, 1.54) is 6.08 Å². The average molecular weight is 206 g/mol. The van der Waals surface area contributed by atoms with E-state index in [0.717, 1.165) is 0 Å². The van der Waals surface area contributed by atoms with Crippen LogP contribution in [0, 0.1) is 5.92 Å². The molecule has 1 unspecified atom stereocenters. The minimum absolute atomic E-state index is 0.102. The maximum Gasteiger partial charge on any atom is 0.264 e. The van der Waals surface area contributed by atoms with E-state index < -0.39 is 10.1 Å². The van der Waals surface area contributed by atoms with Gasteiger partial charge in [0, 0.05) is 5.92 Å². The van der Waals surface area contributed by atoms with Crippen molar-refractivity contribution in [2.75, 3.05) is 5.75 Å². The fourth-order valence-electron chi connectivity index (χ4n) is 0.915. The van der Waals surface area contributed by atoms with Crippen molar-refractivity contribution in [1.82, 2.24) is 0 Å². The predicted molar refractivity (Wildman–Crippen MR) is 50.0 cm³/mol. The lowest BCUT2D eigenvalue weighted by molar-refractivity contribution is -0.117. The molecular formula is C8H14O4S. The molecule has 0 aromatic carbocycles. The second kappa shape index (κ2) is 5.14. The first-order valence-electron chi connectivity index (χ1n) is 3.98. The Kier molecular flexibility index (Phi) is 4.87. The molecule has 0 spiro atoms. The zero-order chi connectivity index (χ0) is 10.5. The van der Waals surface area contributed by atoms with Crippen molar-refractivity contribution in [2.45, 2.75) is 19.8 Å². The Bertz CT molecular complexity index is 279. The SMILES string of the molecule is C=CC(=O)C(C)CCCS(=O)(=O)O. The third-order valence-electron chi connectivity index (χ3n) is 1.73. The van der Waals surface area contributed by atoms with Crippen LogP contribution in [0.3, 0.4) is 0 Å².